The summed E-state index contributed by atoms with van der Waals surface area (Å²) in [6.45, 7) is 2.07. The zero-order chi connectivity index (χ0) is 24.5. The molecule has 2 N–H and O–H groups in total. The molecule has 0 spiro atoms. The van der Waals surface area contributed by atoms with Gasteiger partial charge in [0.2, 0.25) is 5.95 Å². The van der Waals surface area contributed by atoms with E-state index in [4.69, 9.17) is 5.11 Å². The van der Waals surface area contributed by atoms with Gasteiger partial charge in [-0.15, -0.1) is 5.10 Å². The molecule has 6 heteroatoms. The number of carboxylic acids is 1. The number of carbonyl (C=O) groups is 1. The minimum atomic E-state index is -1.01. The number of aryl methyl sites for hydroxylation is 1. The summed E-state index contributed by atoms with van der Waals surface area (Å²) in [6, 6.07) is 21.6. The van der Waals surface area contributed by atoms with Crippen molar-refractivity contribution in [1.82, 2.24) is 10.2 Å². The average Bonchev–Trinajstić information content (AvgIpc) is 3.63. The molecule has 5 nitrogen and oxygen atoms in total. The van der Waals surface area contributed by atoms with Crippen LogP contribution in [0.5, 0.6) is 0 Å². The molecule has 0 bridgehead atoms. The Morgan fingerprint density at radius 2 is 1.86 bits per heavy atom. The summed E-state index contributed by atoms with van der Waals surface area (Å²) in [5.41, 5.74) is 7.24. The summed E-state index contributed by atoms with van der Waals surface area (Å²) in [5, 5.41) is 25.6. The van der Waals surface area contributed by atoms with Crippen molar-refractivity contribution < 1.29 is 14.3 Å². The number of aromatic nitrogens is 2. The van der Waals surface area contributed by atoms with Gasteiger partial charge in [-0.25, -0.2) is 4.79 Å². The number of rotatable bonds is 6. The Balaban J connectivity index is 1.82. The number of nitrogens with zero attached hydrogens (tertiary/aromatic N) is 2. The van der Waals surface area contributed by atoms with Gasteiger partial charge in [-0.05, 0) is 71.2 Å². The van der Waals surface area contributed by atoms with E-state index >= 15 is 0 Å². The van der Waals surface area contributed by atoms with Crippen LogP contribution in [-0.2, 0) is 4.79 Å². The molecular weight excluding hydrogens is 441 g/mol. The number of H-pyrrole nitrogens is 1. The monoisotopic (exact) mass is 463 g/mol. The van der Waals surface area contributed by atoms with Gasteiger partial charge in [0.1, 0.15) is 6.07 Å². The summed E-state index contributed by atoms with van der Waals surface area (Å²) < 4.78 is 14.6. The third-order valence-electron chi connectivity index (χ3n) is 6.38. The lowest BCUT2D eigenvalue weighted by atomic mass is 9.83. The molecular formula is C29H22FN3O2. The predicted molar refractivity (Wildman–Crippen MR) is 134 cm³/mol. The normalized spacial score (nSPS) is 14.2. The second-order valence-electron chi connectivity index (χ2n) is 8.71. The smallest absolute Gasteiger partial charge is 0.328 e. The average molecular weight is 464 g/mol. The molecule has 4 aromatic rings. The highest BCUT2D eigenvalue weighted by atomic mass is 19.1. The number of nitrogens with one attached hydrogen (secondary N) is 1. The molecule has 1 aromatic heterocycles. The van der Waals surface area contributed by atoms with Crippen molar-refractivity contribution in [3.63, 3.8) is 0 Å². The molecule has 0 saturated heterocycles. The molecule has 0 aliphatic heterocycles. The number of nitriles is 1. The summed E-state index contributed by atoms with van der Waals surface area (Å²) >= 11 is 0. The van der Waals surface area contributed by atoms with Gasteiger partial charge >= 0.3 is 5.97 Å². The summed E-state index contributed by atoms with van der Waals surface area (Å²) in [4.78, 5) is 10.9. The highest BCUT2D eigenvalue weighted by Crippen LogP contribution is 2.49. The minimum Gasteiger partial charge on any atom is -0.478 e. The summed E-state index contributed by atoms with van der Waals surface area (Å²) in [7, 11) is 0. The van der Waals surface area contributed by atoms with Gasteiger partial charge in [0.05, 0.1) is 16.5 Å². The van der Waals surface area contributed by atoms with E-state index in [2.05, 4.69) is 35.3 Å². The van der Waals surface area contributed by atoms with E-state index in [1.54, 1.807) is 6.07 Å². The van der Waals surface area contributed by atoms with Crippen molar-refractivity contribution in [3.8, 4) is 6.07 Å². The highest BCUT2D eigenvalue weighted by Gasteiger charge is 2.32. The number of allylic oxidation sites excluding steroid dienone is 1. The maximum Gasteiger partial charge on any atom is 0.328 e. The van der Waals surface area contributed by atoms with Crippen molar-refractivity contribution in [2.75, 3.05) is 0 Å². The first-order valence-electron chi connectivity index (χ1n) is 11.4. The molecule has 1 fully saturated rings. The largest absolute Gasteiger partial charge is 0.478 e. The zero-order valence-electron chi connectivity index (χ0n) is 19.0. The topological polar surface area (TPSA) is 89.8 Å². The third-order valence-corrected chi connectivity index (χ3v) is 6.38. The molecule has 172 valence electrons. The SMILES string of the molecule is Cc1ccccc1/C(=C(\c1ccc(/C=C/C(=O)O)cc1)c1ccc2[nH]nc(F)c2c1C#N)C1CC1. The molecule has 0 radical (unpaired) electrons. The Bertz CT molecular complexity index is 1550. The van der Waals surface area contributed by atoms with Crippen LogP contribution in [0.3, 0.4) is 0 Å². The van der Waals surface area contributed by atoms with Crippen LogP contribution in [0.2, 0.25) is 0 Å². The first-order chi connectivity index (χ1) is 17.0. The standard InChI is InChI=1S/C29H22FN3O2/c1-17-4-2-3-5-21(17)26(20-11-12-20)27(19-9-6-18(7-10-19)8-15-25(34)35)22-13-14-24-28(23(22)16-31)29(30)33-32-24/h2-10,13-15,20H,11-12H2,1H3,(H,32,33)(H,34,35)/b15-8+,27-26+. The lowest BCUT2D eigenvalue weighted by Gasteiger charge is -2.20. The van der Waals surface area contributed by atoms with Gasteiger partial charge in [0, 0.05) is 11.6 Å². The van der Waals surface area contributed by atoms with Gasteiger partial charge in [0.25, 0.3) is 0 Å². The van der Waals surface area contributed by atoms with E-state index in [0.717, 1.165) is 52.3 Å². The number of hydrogen-bond donors (Lipinski definition) is 2. The van der Waals surface area contributed by atoms with Crippen molar-refractivity contribution in [1.29, 1.82) is 5.26 Å². The number of aliphatic carboxylic acids is 1. The van der Waals surface area contributed by atoms with E-state index < -0.39 is 11.9 Å². The first kappa shape index (κ1) is 22.3. The molecule has 1 saturated carbocycles. The number of aromatic amines is 1. The van der Waals surface area contributed by atoms with E-state index in [1.165, 1.54) is 6.08 Å². The molecule has 0 amide bonds. The Labute approximate surface area is 201 Å². The maximum absolute atomic E-state index is 14.6. The predicted octanol–water partition coefficient (Wildman–Crippen LogP) is 6.35. The van der Waals surface area contributed by atoms with E-state index in [-0.39, 0.29) is 10.9 Å². The van der Waals surface area contributed by atoms with Crippen LogP contribution in [0.15, 0.2) is 66.7 Å². The second kappa shape index (κ2) is 9.03. The Hall–Kier alpha value is -4.50. The first-order valence-corrected chi connectivity index (χ1v) is 11.4. The second-order valence-corrected chi connectivity index (χ2v) is 8.71. The molecule has 0 atom stereocenters. The molecule has 35 heavy (non-hydrogen) atoms. The van der Waals surface area contributed by atoms with Crippen LogP contribution < -0.4 is 0 Å². The van der Waals surface area contributed by atoms with Crippen molar-refractivity contribution in [2.45, 2.75) is 19.8 Å². The summed E-state index contributed by atoms with van der Waals surface area (Å²) in [6.07, 6.45) is 4.71. The van der Waals surface area contributed by atoms with Crippen LogP contribution in [0.4, 0.5) is 4.39 Å². The van der Waals surface area contributed by atoms with Gasteiger partial charge in [-0.1, -0.05) is 54.6 Å². The van der Waals surface area contributed by atoms with E-state index in [0.29, 0.717) is 17.0 Å². The fraction of sp³-hybridized carbons (Fsp3) is 0.138. The van der Waals surface area contributed by atoms with Crippen LogP contribution in [0.25, 0.3) is 28.1 Å². The van der Waals surface area contributed by atoms with E-state index in [1.807, 2.05) is 42.5 Å². The van der Waals surface area contributed by atoms with Crippen molar-refractivity contribution in [2.24, 2.45) is 5.92 Å². The fourth-order valence-electron chi connectivity index (χ4n) is 4.59. The van der Waals surface area contributed by atoms with Gasteiger partial charge in [-0.3, -0.25) is 5.10 Å². The van der Waals surface area contributed by atoms with Gasteiger partial charge < -0.3 is 5.11 Å². The Kier molecular flexibility index (Phi) is 5.76. The third kappa shape index (κ3) is 4.24. The highest BCUT2D eigenvalue weighted by molar-refractivity contribution is 6.04. The minimum absolute atomic E-state index is 0.184. The number of carboxylic acid groups (broad SMARTS) is 1. The maximum atomic E-state index is 14.6. The molecule has 0 unspecified atom stereocenters. The Morgan fingerprint density at radius 1 is 1.11 bits per heavy atom. The van der Waals surface area contributed by atoms with Gasteiger partial charge in [0.15, 0.2) is 0 Å². The lowest BCUT2D eigenvalue weighted by Crippen LogP contribution is -2.01. The molecule has 1 heterocycles. The van der Waals surface area contributed by atoms with E-state index in [9.17, 15) is 14.4 Å². The molecule has 1 aliphatic rings. The van der Waals surface area contributed by atoms with Crippen LogP contribution in [-0.4, -0.2) is 21.3 Å². The van der Waals surface area contributed by atoms with Crippen molar-refractivity contribution in [3.05, 3.63) is 106 Å². The number of fused-ring (bicyclic) bond motifs is 1. The summed E-state index contributed by atoms with van der Waals surface area (Å²) in [5.74, 6) is -1.38. The quantitative estimate of drug-likeness (QED) is 0.258. The number of hydrogen-bond acceptors (Lipinski definition) is 3. The Morgan fingerprint density at radius 3 is 2.51 bits per heavy atom. The molecule has 5 rings (SSSR count). The molecule has 3 aromatic carbocycles. The molecule has 1 aliphatic carbocycles. The zero-order valence-corrected chi connectivity index (χ0v) is 19.0. The van der Waals surface area contributed by atoms with Gasteiger partial charge in [-0.2, -0.15) is 9.65 Å². The number of benzene rings is 3. The van der Waals surface area contributed by atoms with Crippen LogP contribution in [0.1, 0.15) is 46.2 Å². The fourth-order valence-corrected chi connectivity index (χ4v) is 4.59. The van der Waals surface area contributed by atoms with Crippen molar-refractivity contribution >= 4 is 34.1 Å². The van der Waals surface area contributed by atoms with Crippen LogP contribution in [0, 0.1) is 30.1 Å². The number of halogens is 1. The van der Waals surface area contributed by atoms with Crippen LogP contribution >= 0.6 is 0 Å². The lowest BCUT2D eigenvalue weighted by molar-refractivity contribution is -0.131.